The van der Waals surface area contributed by atoms with Gasteiger partial charge in [0, 0.05) is 49.5 Å². The van der Waals surface area contributed by atoms with Gasteiger partial charge in [-0.25, -0.2) is 0 Å². The van der Waals surface area contributed by atoms with Crippen LogP contribution in [0.4, 0.5) is 5.69 Å². The van der Waals surface area contributed by atoms with E-state index < -0.39 is 0 Å². The van der Waals surface area contributed by atoms with Crippen LogP contribution in [0.2, 0.25) is 0 Å². The molecule has 0 bridgehead atoms. The molecule has 1 aromatic rings. The Morgan fingerprint density at radius 3 is 2.55 bits per heavy atom. The molecule has 0 radical (unpaired) electrons. The number of hydrogen-bond acceptors (Lipinski definition) is 4. The lowest BCUT2D eigenvalue weighted by Gasteiger charge is -2.37. The molecular formula is C18H26N2O2. The first kappa shape index (κ1) is 15.5. The monoisotopic (exact) mass is 302 g/mol. The Kier molecular flexibility index (Phi) is 4.50. The Morgan fingerprint density at radius 1 is 1.27 bits per heavy atom. The number of ether oxygens (including phenoxy) is 1. The summed E-state index contributed by atoms with van der Waals surface area (Å²) in [6, 6.07) is 4.81. The van der Waals surface area contributed by atoms with E-state index in [0.29, 0.717) is 12.0 Å². The van der Waals surface area contributed by atoms with Crippen molar-refractivity contribution in [2.45, 2.75) is 38.6 Å². The molecule has 0 saturated carbocycles. The van der Waals surface area contributed by atoms with Crippen molar-refractivity contribution in [1.82, 2.24) is 4.90 Å². The lowest BCUT2D eigenvalue weighted by molar-refractivity contribution is 0.0904. The van der Waals surface area contributed by atoms with E-state index >= 15 is 0 Å². The number of nitrogens with one attached hydrogen (secondary N) is 1. The van der Waals surface area contributed by atoms with E-state index in [1.165, 1.54) is 5.56 Å². The van der Waals surface area contributed by atoms with Gasteiger partial charge in [-0.2, -0.15) is 0 Å². The first-order valence-corrected chi connectivity index (χ1v) is 8.23. The van der Waals surface area contributed by atoms with Gasteiger partial charge in [0.1, 0.15) is 0 Å². The second-order valence-corrected chi connectivity index (χ2v) is 6.75. The van der Waals surface area contributed by atoms with Crippen molar-refractivity contribution in [3.8, 4) is 0 Å². The molecule has 2 aliphatic heterocycles. The van der Waals surface area contributed by atoms with Crippen LogP contribution in [0.5, 0.6) is 0 Å². The average Bonchev–Trinajstić information content (AvgIpc) is 2.47. The molecule has 4 heteroatoms. The molecule has 2 fully saturated rings. The number of benzene rings is 1. The molecule has 2 aliphatic rings. The Hall–Kier alpha value is -1.39. The van der Waals surface area contributed by atoms with Gasteiger partial charge in [-0.1, -0.05) is 0 Å². The number of ketones is 1. The summed E-state index contributed by atoms with van der Waals surface area (Å²) >= 11 is 0. The fourth-order valence-corrected chi connectivity index (χ4v) is 3.46. The van der Waals surface area contributed by atoms with Gasteiger partial charge < -0.3 is 15.0 Å². The van der Waals surface area contributed by atoms with E-state index in [-0.39, 0.29) is 5.78 Å². The minimum absolute atomic E-state index is 0.155. The van der Waals surface area contributed by atoms with Crippen molar-refractivity contribution in [2.75, 3.05) is 38.7 Å². The third-order valence-electron chi connectivity index (χ3n) is 4.93. The smallest absolute Gasteiger partial charge is 0.160 e. The number of carbonyl (C=O) groups excluding carboxylic acids is 1. The molecule has 0 amide bonds. The van der Waals surface area contributed by atoms with E-state index in [1.807, 2.05) is 0 Å². The fraction of sp³-hybridized carbons (Fsp3) is 0.611. The molecule has 120 valence electrons. The number of likely N-dealkylation sites (N-methyl/N-ethyl adjacent to an activating group) is 1. The normalized spacial score (nSPS) is 20.7. The molecule has 0 unspecified atom stereocenters. The minimum Gasteiger partial charge on any atom is -0.382 e. The quantitative estimate of drug-likeness (QED) is 0.869. The summed E-state index contributed by atoms with van der Waals surface area (Å²) in [5.74, 6) is 0.709. The van der Waals surface area contributed by atoms with Crippen LogP contribution in [0.1, 0.15) is 47.2 Å². The topological polar surface area (TPSA) is 41.6 Å². The number of hydrogen-bond donors (Lipinski definition) is 1. The number of likely N-dealkylation sites (tertiary alicyclic amines) is 1. The molecule has 3 rings (SSSR count). The zero-order valence-electron chi connectivity index (χ0n) is 13.8. The average molecular weight is 302 g/mol. The fourth-order valence-electron chi connectivity index (χ4n) is 3.46. The minimum atomic E-state index is 0.155. The molecule has 0 atom stereocenters. The third-order valence-corrected chi connectivity index (χ3v) is 4.93. The summed E-state index contributed by atoms with van der Waals surface area (Å²) in [4.78, 5) is 14.3. The lowest BCUT2D eigenvalue weighted by Crippen LogP contribution is -2.41. The van der Waals surface area contributed by atoms with Gasteiger partial charge in [0.15, 0.2) is 5.78 Å². The van der Waals surface area contributed by atoms with Crippen molar-refractivity contribution in [2.24, 2.45) is 0 Å². The van der Waals surface area contributed by atoms with Crippen LogP contribution in [-0.2, 0) is 4.74 Å². The molecule has 2 heterocycles. The third kappa shape index (κ3) is 3.18. The summed E-state index contributed by atoms with van der Waals surface area (Å²) < 4.78 is 5.43. The van der Waals surface area contributed by atoms with Crippen molar-refractivity contribution < 1.29 is 9.53 Å². The molecular weight excluding hydrogens is 276 g/mol. The number of anilines is 1. The first-order chi connectivity index (χ1) is 10.5. The van der Waals surface area contributed by atoms with Crippen LogP contribution >= 0.6 is 0 Å². The van der Waals surface area contributed by atoms with Gasteiger partial charge >= 0.3 is 0 Å². The Balaban J connectivity index is 1.87. The van der Waals surface area contributed by atoms with Crippen LogP contribution < -0.4 is 5.32 Å². The summed E-state index contributed by atoms with van der Waals surface area (Å²) in [5, 5.41) is 3.65. The number of rotatable bonds is 4. The predicted octanol–water partition coefficient (Wildman–Crippen LogP) is 2.82. The lowest BCUT2D eigenvalue weighted by atomic mass is 9.88. The molecule has 4 nitrogen and oxygen atoms in total. The van der Waals surface area contributed by atoms with Crippen molar-refractivity contribution >= 4 is 11.5 Å². The molecule has 0 aromatic heterocycles. The van der Waals surface area contributed by atoms with Crippen LogP contribution in [0.25, 0.3) is 0 Å². The highest BCUT2D eigenvalue weighted by Gasteiger charge is 2.27. The molecule has 2 saturated heterocycles. The van der Waals surface area contributed by atoms with Gasteiger partial charge in [0.25, 0.3) is 0 Å². The van der Waals surface area contributed by atoms with Gasteiger partial charge in [0.2, 0.25) is 0 Å². The second kappa shape index (κ2) is 6.39. The maximum atomic E-state index is 12.0. The van der Waals surface area contributed by atoms with Crippen molar-refractivity contribution in [1.29, 1.82) is 0 Å². The largest absolute Gasteiger partial charge is 0.382 e. The summed E-state index contributed by atoms with van der Waals surface area (Å²) in [6.07, 6.45) is 2.07. The number of carbonyl (C=O) groups is 1. The molecule has 0 aliphatic carbocycles. The first-order valence-electron chi connectivity index (χ1n) is 8.23. The maximum absolute atomic E-state index is 12.0. The molecule has 1 N–H and O–H groups in total. The SMILES string of the molecule is CC(=O)c1cc(C2CN(C)C2)cc(NC2CCOCC2)c1C. The Morgan fingerprint density at radius 2 is 1.95 bits per heavy atom. The zero-order chi connectivity index (χ0) is 15.7. The van der Waals surface area contributed by atoms with E-state index in [4.69, 9.17) is 4.74 Å². The standard InChI is InChI=1S/C18H26N2O2/c1-12-17(13(2)21)8-14(15-10-20(3)11-15)9-18(12)19-16-4-6-22-7-5-16/h8-9,15-16,19H,4-7,10-11H2,1-3H3. The van der Waals surface area contributed by atoms with Crippen LogP contribution in [0.15, 0.2) is 12.1 Å². The van der Waals surface area contributed by atoms with Gasteiger partial charge in [-0.15, -0.1) is 0 Å². The highest BCUT2D eigenvalue weighted by molar-refractivity contribution is 5.97. The Bertz CT molecular complexity index is 558. The zero-order valence-corrected chi connectivity index (χ0v) is 13.8. The predicted molar refractivity (Wildman–Crippen MR) is 88.9 cm³/mol. The van der Waals surface area contributed by atoms with E-state index in [9.17, 15) is 4.79 Å². The summed E-state index contributed by atoms with van der Waals surface area (Å²) in [6.45, 7) is 7.52. The Labute approximate surface area is 132 Å². The number of nitrogens with zero attached hydrogens (tertiary/aromatic N) is 1. The van der Waals surface area contributed by atoms with Crippen LogP contribution in [0, 0.1) is 6.92 Å². The van der Waals surface area contributed by atoms with E-state index in [2.05, 4.69) is 36.3 Å². The van der Waals surface area contributed by atoms with Gasteiger partial charge in [-0.3, -0.25) is 4.79 Å². The van der Waals surface area contributed by atoms with E-state index in [0.717, 1.165) is 56.0 Å². The van der Waals surface area contributed by atoms with Gasteiger partial charge in [0.05, 0.1) is 0 Å². The van der Waals surface area contributed by atoms with Gasteiger partial charge in [-0.05, 0) is 57.0 Å². The van der Waals surface area contributed by atoms with Crippen molar-refractivity contribution in [3.63, 3.8) is 0 Å². The molecule has 0 spiro atoms. The second-order valence-electron chi connectivity index (χ2n) is 6.75. The molecule has 1 aromatic carbocycles. The maximum Gasteiger partial charge on any atom is 0.160 e. The highest BCUT2D eigenvalue weighted by Crippen LogP contribution is 2.32. The van der Waals surface area contributed by atoms with Crippen LogP contribution in [0.3, 0.4) is 0 Å². The van der Waals surface area contributed by atoms with Crippen molar-refractivity contribution in [3.05, 3.63) is 28.8 Å². The highest BCUT2D eigenvalue weighted by atomic mass is 16.5. The molecule has 22 heavy (non-hydrogen) atoms. The van der Waals surface area contributed by atoms with E-state index in [1.54, 1.807) is 6.92 Å². The summed E-state index contributed by atoms with van der Waals surface area (Å²) in [5.41, 5.74) is 4.37. The summed E-state index contributed by atoms with van der Waals surface area (Å²) in [7, 11) is 2.14. The number of Topliss-reactive ketones (excluding diaryl/α,β-unsaturated/α-hetero) is 1. The van der Waals surface area contributed by atoms with Crippen LogP contribution in [-0.4, -0.2) is 50.1 Å².